The Morgan fingerprint density at radius 3 is 2.03 bits per heavy atom. The minimum Gasteiger partial charge on any atom is -0.490 e. The third-order valence-electron chi connectivity index (χ3n) is 4.98. The van der Waals surface area contributed by atoms with Gasteiger partial charge in [-0.05, 0) is 38.5 Å². The molecule has 3 aromatic rings. The molecule has 0 saturated carbocycles. The van der Waals surface area contributed by atoms with Crippen LogP contribution in [-0.4, -0.2) is 30.0 Å². The number of nitrogens with zero attached hydrogens (tertiary/aromatic N) is 1. The first kappa shape index (κ1) is 22.1. The van der Waals surface area contributed by atoms with Crippen molar-refractivity contribution in [1.82, 2.24) is 0 Å². The fourth-order valence-electron chi connectivity index (χ4n) is 3.02. The van der Waals surface area contributed by atoms with Gasteiger partial charge in [0.15, 0.2) is 6.61 Å². The summed E-state index contributed by atoms with van der Waals surface area (Å²) in [5.41, 5.74) is 5.78. The van der Waals surface area contributed by atoms with Crippen molar-refractivity contribution in [3.63, 3.8) is 0 Å². The van der Waals surface area contributed by atoms with E-state index in [1.54, 1.807) is 31.2 Å². The van der Waals surface area contributed by atoms with Crippen LogP contribution < -0.4 is 4.74 Å². The molecule has 1 unspecified atom stereocenters. The van der Waals surface area contributed by atoms with Crippen molar-refractivity contribution < 1.29 is 19.5 Å². The standard InChI is InChI=1S/C26H27NO4/c1-18-7-11-21(12-8-18)25(22-13-9-19(2)10-14-22)27-31-16-15-30-24-6-4-5-23(17-24)20(3)26(28)29/h4-14,17,20H,15-16H2,1-3H3,(H,28,29). The lowest BCUT2D eigenvalue weighted by atomic mass is 10.0. The number of oxime groups is 1. The van der Waals surface area contributed by atoms with Crippen molar-refractivity contribution in [3.8, 4) is 5.75 Å². The average molecular weight is 418 g/mol. The van der Waals surface area contributed by atoms with E-state index in [1.165, 1.54) is 11.1 Å². The van der Waals surface area contributed by atoms with Crippen molar-refractivity contribution in [2.45, 2.75) is 26.7 Å². The third-order valence-corrected chi connectivity index (χ3v) is 4.98. The molecule has 0 saturated heterocycles. The monoisotopic (exact) mass is 417 g/mol. The summed E-state index contributed by atoms with van der Waals surface area (Å²) in [7, 11) is 0. The minimum absolute atomic E-state index is 0.264. The van der Waals surface area contributed by atoms with Gasteiger partial charge in [-0.1, -0.05) is 76.9 Å². The smallest absolute Gasteiger partial charge is 0.310 e. The average Bonchev–Trinajstić information content (AvgIpc) is 2.77. The zero-order valence-corrected chi connectivity index (χ0v) is 18.0. The first-order valence-electron chi connectivity index (χ1n) is 10.2. The zero-order chi connectivity index (χ0) is 22.2. The lowest BCUT2D eigenvalue weighted by molar-refractivity contribution is -0.138. The Morgan fingerprint density at radius 2 is 1.48 bits per heavy atom. The van der Waals surface area contributed by atoms with Crippen LogP contribution >= 0.6 is 0 Å². The first-order chi connectivity index (χ1) is 14.9. The number of aliphatic carboxylic acids is 1. The molecule has 0 aliphatic rings. The molecule has 0 heterocycles. The fourth-order valence-corrected chi connectivity index (χ4v) is 3.02. The molecule has 0 amide bonds. The van der Waals surface area contributed by atoms with Gasteiger partial charge in [-0.25, -0.2) is 0 Å². The third kappa shape index (κ3) is 6.19. The number of carbonyl (C=O) groups is 1. The molecular weight excluding hydrogens is 390 g/mol. The first-order valence-corrected chi connectivity index (χ1v) is 10.2. The summed E-state index contributed by atoms with van der Waals surface area (Å²) in [5, 5.41) is 13.5. The Kier molecular flexibility index (Phi) is 7.44. The molecule has 5 nitrogen and oxygen atoms in total. The highest BCUT2D eigenvalue weighted by molar-refractivity contribution is 6.12. The van der Waals surface area contributed by atoms with Crippen LogP contribution in [0.25, 0.3) is 0 Å². The minimum atomic E-state index is -0.866. The second kappa shape index (κ2) is 10.4. The highest BCUT2D eigenvalue weighted by Gasteiger charge is 2.14. The van der Waals surface area contributed by atoms with Gasteiger partial charge in [0.25, 0.3) is 0 Å². The fraction of sp³-hybridized carbons (Fsp3) is 0.231. The Labute approximate surface area is 182 Å². The summed E-state index contributed by atoms with van der Waals surface area (Å²) >= 11 is 0. The maximum Gasteiger partial charge on any atom is 0.310 e. The van der Waals surface area contributed by atoms with Crippen LogP contribution in [-0.2, 0) is 9.63 Å². The second-order valence-electron chi connectivity index (χ2n) is 7.49. The number of hydrogen-bond acceptors (Lipinski definition) is 4. The SMILES string of the molecule is Cc1ccc(C(=NOCCOc2cccc(C(C)C(=O)O)c2)c2ccc(C)cc2)cc1. The lowest BCUT2D eigenvalue weighted by Crippen LogP contribution is -2.09. The van der Waals surface area contributed by atoms with Crippen molar-refractivity contribution in [2.75, 3.05) is 13.2 Å². The summed E-state index contributed by atoms with van der Waals surface area (Å²) in [5.74, 6) is -0.846. The number of rotatable bonds is 9. The van der Waals surface area contributed by atoms with Gasteiger partial charge >= 0.3 is 5.97 Å². The van der Waals surface area contributed by atoms with Gasteiger partial charge in [-0.15, -0.1) is 0 Å². The maximum absolute atomic E-state index is 11.2. The summed E-state index contributed by atoms with van der Waals surface area (Å²) in [6.45, 7) is 6.30. The molecule has 0 aromatic heterocycles. The molecule has 3 rings (SSSR count). The Balaban J connectivity index is 1.65. The number of benzene rings is 3. The predicted octanol–water partition coefficient (Wildman–Crippen LogP) is 5.34. The lowest BCUT2D eigenvalue weighted by Gasteiger charge is -2.11. The van der Waals surface area contributed by atoms with Gasteiger partial charge in [0, 0.05) is 11.1 Å². The Hall–Kier alpha value is -3.60. The van der Waals surface area contributed by atoms with E-state index >= 15 is 0 Å². The highest BCUT2D eigenvalue weighted by Crippen LogP contribution is 2.21. The Bertz CT molecular complexity index is 992. The summed E-state index contributed by atoms with van der Waals surface area (Å²) in [4.78, 5) is 16.7. The van der Waals surface area contributed by atoms with Gasteiger partial charge in [0.05, 0.1) is 5.92 Å². The zero-order valence-electron chi connectivity index (χ0n) is 18.0. The topological polar surface area (TPSA) is 68.1 Å². The molecule has 0 aliphatic carbocycles. The van der Waals surface area contributed by atoms with Crippen LogP contribution in [0.1, 0.15) is 40.7 Å². The van der Waals surface area contributed by atoms with Crippen LogP contribution in [0.5, 0.6) is 5.75 Å². The molecule has 1 atom stereocenters. The van der Waals surface area contributed by atoms with Crippen LogP contribution in [0.15, 0.2) is 78.0 Å². The molecule has 1 N–H and O–H groups in total. The molecule has 0 bridgehead atoms. The maximum atomic E-state index is 11.2. The number of hydrogen-bond donors (Lipinski definition) is 1. The van der Waals surface area contributed by atoms with Gasteiger partial charge in [-0.3, -0.25) is 4.79 Å². The highest BCUT2D eigenvalue weighted by atomic mass is 16.6. The number of ether oxygens (including phenoxy) is 1. The van der Waals surface area contributed by atoms with Crippen LogP contribution in [0.2, 0.25) is 0 Å². The summed E-state index contributed by atoms with van der Waals surface area (Å²) < 4.78 is 5.71. The van der Waals surface area contributed by atoms with Gasteiger partial charge in [0.2, 0.25) is 0 Å². The molecule has 0 aliphatic heterocycles. The van der Waals surface area contributed by atoms with Crippen molar-refractivity contribution in [2.24, 2.45) is 5.16 Å². The molecule has 0 spiro atoms. The molecule has 0 radical (unpaired) electrons. The Morgan fingerprint density at radius 1 is 0.903 bits per heavy atom. The predicted molar refractivity (Wildman–Crippen MR) is 122 cm³/mol. The molecule has 160 valence electrons. The molecule has 3 aromatic carbocycles. The van der Waals surface area contributed by atoms with E-state index in [0.29, 0.717) is 17.9 Å². The molecule has 5 heteroatoms. The number of aryl methyl sites for hydroxylation is 2. The van der Waals surface area contributed by atoms with Gasteiger partial charge in [-0.2, -0.15) is 0 Å². The number of carboxylic acids is 1. The van der Waals surface area contributed by atoms with Crippen LogP contribution in [0, 0.1) is 13.8 Å². The van der Waals surface area contributed by atoms with E-state index in [-0.39, 0.29) is 6.61 Å². The van der Waals surface area contributed by atoms with E-state index in [2.05, 4.69) is 5.16 Å². The largest absolute Gasteiger partial charge is 0.490 e. The van der Waals surface area contributed by atoms with Crippen LogP contribution in [0.4, 0.5) is 0 Å². The van der Waals surface area contributed by atoms with Crippen molar-refractivity contribution in [1.29, 1.82) is 0 Å². The van der Waals surface area contributed by atoms with E-state index in [9.17, 15) is 4.79 Å². The number of carboxylic acid groups (broad SMARTS) is 1. The van der Waals surface area contributed by atoms with Crippen molar-refractivity contribution in [3.05, 3.63) is 101 Å². The molecule has 0 fully saturated rings. The van der Waals surface area contributed by atoms with E-state index in [4.69, 9.17) is 14.7 Å². The summed E-state index contributed by atoms with van der Waals surface area (Å²) in [6, 6.07) is 23.4. The molecule has 31 heavy (non-hydrogen) atoms. The van der Waals surface area contributed by atoms with Crippen molar-refractivity contribution >= 4 is 11.7 Å². The van der Waals surface area contributed by atoms with E-state index in [1.807, 2.05) is 62.4 Å². The quantitative estimate of drug-likeness (QED) is 0.290. The normalized spacial score (nSPS) is 11.5. The van der Waals surface area contributed by atoms with Gasteiger partial charge in [0.1, 0.15) is 18.1 Å². The second-order valence-corrected chi connectivity index (χ2v) is 7.49. The van der Waals surface area contributed by atoms with Crippen LogP contribution in [0.3, 0.4) is 0 Å². The van der Waals surface area contributed by atoms with E-state index in [0.717, 1.165) is 16.8 Å². The molecular formula is C26H27NO4. The summed E-state index contributed by atoms with van der Waals surface area (Å²) in [6.07, 6.45) is 0. The van der Waals surface area contributed by atoms with E-state index < -0.39 is 11.9 Å². The van der Waals surface area contributed by atoms with Gasteiger partial charge < -0.3 is 14.7 Å².